The van der Waals surface area contributed by atoms with Crippen molar-refractivity contribution in [2.24, 2.45) is 0 Å². The maximum atomic E-state index is 13.6. The first-order valence-corrected chi connectivity index (χ1v) is 9.53. The number of benzene rings is 1. The number of amides is 1. The number of thiophene rings is 1. The summed E-state index contributed by atoms with van der Waals surface area (Å²) >= 11 is 1.25. The SMILES string of the molecule is COc1cccc(CNC(=O)c2nc3nc(-c4cccs4)cc(C(F)(F)F)n3n2)c1. The normalized spacial score (nSPS) is 11.6. The van der Waals surface area contributed by atoms with Crippen LogP contribution < -0.4 is 10.1 Å². The van der Waals surface area contributed by atoms with E-state index in [0.29, 0.717) is 15.1 Å². The second kappa shape index (κ2) is 7.75. The van der Waals surface area contributed by atoms with Gasteiger partial charge in [-0.15, -0.1) is 16.4 Å². The molecule has 0 aliphatic heterocycles. The Kier molecular flexibility index (Phi) is 5.12. The van der Waals surface area contributed by atoms with Gasteiger partial charge < -0.3 is 10.1 Å². The molecule has 7 nitrogen and oxygen atoms in total. The molecule has 0 saturated heterocycles. The Labute approximate surface area is 172 Å². The van der Waals surface area contributed by atoms with Crippen LogP contribution in [-0.4, -0.2) is 32.6 Å². The highest BCUT2D eigenvalue weighted by Gasteiger charge is 2.36. The average molecular weight is 433 g/mol. The third-order valence-corrected chi connectivity index (χ3v) is 5.06. The molecule has 1 amide bonds. The molecule has 0 aliphatic rings. The van der Waals surface area contributed by atoms with Crippen LogP contribution in [0.3, 0.4) is 0 Å². The van der Waals surface area contributed by atoms with Gasteiger partial charge in [0.15, 0.2) is 5.69 Å². The summed E-state index contributed by atoms with van der Waals surface area (Å²) in [5.41, 5.74) is -0.198. The van der Waals surface area contributed by atoms with Gasteiger partial charge in [0.2, 0.25) is 5.82 Å². The Morgan fingerprint density at radius 3 is 2.73 bits per heavy atom. The number of hydrogen-bond acceptors (Lipinski definition) is 6. The van der Waals surface area contributed by atoms with Crippen LogP contribution >= 0.6 is 11.3 Å². The number of carbonyl (C=O) groups excluding carboxylic acids is 1. The first-order valence-electron chi connectivity index (χ1n) is 8.65. The maximum absolute atomic E-state index is 13.6. The van der Waals surface area contributed by atoms with Crippen molar-refractivity contribution < 1.29 is 22.7 Å². The summed E-state index contributed by atoms with van der Waals surface area (Å²) < 4.78 is 46.4. The van der Waals surface area contributed by atoms with Gasteiger partial charge in [-0.25, -0.2) is 4.98 Å². The zero-order valence-corrected chi connectivity index (χ0v) is 16.3. The predicted octanol–water partition coefficient (Wildman–Crippen LogP) is 3.81. The summed E-state index contributed by atoms with van der Waals surface area (Å²) in [6.07, 6.45) is -4.70. The molecular formula is C19H14F3N5O2S. The summed E-state index contributed by atoms with van der Waals surface area (Å²) in [5, 5.41) is 8.06. The number of nitrogens with zero attached hydrogens (tertiary/aromatic N) is 4. The van der Waals surface area contributed by atoms with Gasteiger partial charge in [-0.2, -0.15) is 22.7 Å². The van der Waals surface area contributed by atoms with Crippen molar-refractivity contribution >= 4 is 23.0 Å². The zero-order valence-electron chi connectivity index (χ0n) is 15.5. The van der Waals surface area contributed by atoms with Crippen LogP contribution in [0, 0.1) is 0 Å². The topological polar surface area (TPSA) is 81.4 Å². The highest BCUT2D eigenvalue weighted by atomic mass is 32.1. The monoisotopic (exact) mass is 433 g/mol. The summed E-state index contributed by atoms with van der Waals surface area (Å²) in [5.74, 6) is -0.805. The van der Waals surface area contributed by atoms with Crippen molar-refractivity contribution in [3.63, 3.8) is 0 Å². The number of alkyl halides is 3. The van der Waals surface area contributed by atoms with Crippen LogP contribution in [0.25, 0.3) is 16.3 Å². The molecule has 0 fully saturated rings. The third-order valence-electron chi connectivity index (χ3n) is 4.17. The second-order valence-electron chi connectivity index (χ2n) is 6.18. The molecular weight excluding hydrogens is 419 g/mol. The number of methoxy groups -OCH3 is 1. The second-order valence-corrected chi connectivity index (χ2v) is 7.13. The Bertz CT molecular complexity index is 1200. The number of aromatic nitrogens is 4. The molecule has 4 aromatic rings. The fourth-order valence-corrected chi connectivity index (χ4v) is 3.45. The Morgan fingerprint density at radius 1 is 1.20 bits per heavy atom. The van der Waals surface area contributed by atoms with Crippen LogP contribution in [0.2, 0.25) is 0 Å². The molecule has 4 rings (SSSR count). The largest absolute Gasteiger partial charge is 0.497 e. The van der Waals surface area contributed by atoms with Crippen LogP contribution in [0.5, 0.6) is 5.75 Å². The fraction of sp³-hybridized carbons (Fsp3) is 0.158. The van der Waals surface area contributed by atoms with Gasteiger partial charge in [-0.05, 0) is 35.2 Å². The summed E-state index contributed by atoms with van der Waals surface area (Å²) in [6, 6.07) is 11.3. The summed E-state index contributed by atoms with van der Waals surface area (Å²) in [4.78, 5) is 21.0. The molecule has 0 aliphatic carbocycles. The van der Waals surface area contributed by atoms with Gasteiger partial charge >= 0.3 is 6.18 Å². The van der Waals surface area contributed by atoms with Gasteiger partial charge in [0.1, 0.15) is 5.75 Å². The van der Waals surface area contributed by atoms with Gasteiger partial charge in [-0.1, -0.05) is 18.2 Å². The average Bonchev–Trinajstić information content (AvgIpc) is 3.40. The molecule has 0 atom stereocenters. The molecule has 1 aromatic carbocycles. The van der Waals surface area contributed by atoms with Crippen molar-refractivity contribution in [1.29, 1.82) is 0 Å². The number of nitrogens with one attached hydrogen (secondary N) is 1. The van der Waals surface area contributed by atoms with E-state index in [4.69, 9.17) is 4.74 Å². The molecule has 0 saturated carbocycles. The molecule has 30 heavy (non-hydrogen) atoms. The Hall–Kier alpha value is -3.47. The maximum Gasteiger partial charge on any atom is 0.433 e. The first kappa shape index (κ1) is 19.8. The van der Waals surface area contributed by atoms with Crippen LogP contribution in [0.1, 0.15) is 21.9 Å². The van der Waals surface area contributed by atoms with Crippen LogP contribution in [-0.2, 0) is 12.7 Å². The van der Waals surface area contributed by atoms with Crippen molar-refractivity contribution in [2.45, 2.75) is 12.7 Å². The molecule has 0 bridgehead atoms. The molecule has 0 spiro atoms. The van der Waals surface area contributed by atoms with Gasteiger partial charge in [0.25, 0.3) is 11.7 Å². The molecule has 0 unspecified atom stereocenters. The van der Waals surface area contributed by atoms with Gasteiger partial charge in [0.05, 0.1) is 17.7 Å². The highest BCUT2D eigenvalue weighted by Crippen LogP contribution is 2.33. The van der Waals surface area contributed by atoms with E-state index in [1.807, 2.05) is 0 Å². The number of ether oxygens (including phenoxy) is 1. The van der Waals surface area contributed by atoms with Gasteiger partial charge in [-0.3, -0.25) is 4.79 Å². The quantitative estimate of drug-likeness (QED) is 0.518. The van der Waals surface area contributed by atoms with Crippen molar-refractivity contribution in [1.82, 2.24) is 24.9 Å². The molecule has 1 N–H and O–H groups in total. The zero-order chi connectivity index (χ0) is 21.3. The molecule has 0 radical (unpaired) electrons. The lowest BCUT2D eigenvalue weighted by Crippen LogP contribution is -2.24. The molecule has 3 aromatic heterocycles. The van der Waals surface area contributed by atoms with Gasteiger partial charge in [0, 0.05) is 6.54 Å². The lowest BCUT2D eigenvalue weighted by molar-refractivity contribution is -0.142. The van der Waals surface area contributed by atoms with E-state index < -0.39 is 23.6 Å². The number of halogens is 3. The minimum Gasteiger partial charge on any atom is -0.497 e. The minimum atomic E-state index is -4.70. The minimum absolute atomic E-state index is 0.112. The smallest absolute Gasteiger partial charge is 0.433 e. The van der Waals surface area contributed by atoms with E-state index in [-0.39, 0.29) is 18.0 Å². The van der Waals surface area contributed by atoms with E-state index in [1.54, 1.807) is 41.8 Å². The van der Waals surface area contributed by atoms with Crippen molar-refractivity contribution in [2.75, 3.05) is 7.11 Å². The summed E-state index contributed by atoms with van der Waals surface area (Å²) in [6.45, 7) is 0.131. The number of fused-ring (bicyclic) bond motifs is 1. The highest BCUT2D eigenvalue weighted by molar-refractivity contribution is 7.13. The lowest BCUT2D eigenvalue weighted by Gasteiger charge is -2.09. The van der Waals surface area contributed by atoms with Crippen molar-refractivity contribution in [3.05, 3.63) is 64.9 Å². The number of hydrogen-bond donors (Lipinski definition) is 1. The molecule has 11 heteroatoms. The fourth-order valence-electron chi connectivity index (χ4n) is 2.76. The third kappa shape index (κ3) is 3.96. The van der Waals surface area contributed by atoms with E-state index in [1.165, 1.54) is 18.4 Å². The molecule has 3 heterocycles. The Balaban J connectivity index is 1.65. The number of rotatable bonds is 5. The lowest BCUT2D eigenvalue weighted by atomic mass is 10.2. The predicted molar refractivity (Wildman–Crippen MR) is 103 cm³/mol. The van der Waals surface area contributed by atoms with E-state index in [0.717, 1.165) is 11.6 Å². The Morgan fingerprint density at radius 2 is 2.03 bits per heavy atom. The molecule has 154 valence electrons. The van der Waals surface area contributed by atoms with E-state index in [9.17, 15) is 18.0 Å². The first-order chi connectivity index (χ1) is 14.3. The van der Waals surface area contributed by atoms with E-state index >= 15 is 0 Å². The van der Waals surface area contributed by atoms with Crippen LogP contribution in [0.4, 0.5) is 13.2 Å². The van der Waals surface area contributed by atoms with E-state index in [2.05, 4.69) is 20.4 Å². The van der Waals surface area contributed by atoms with Crippen LogP contribution in [0.15, 0.2) is 47.8 Å². The summed E-state index contributed by atoms with van der Waals surface area (Å²) in [7, 11) is 1.52. The van der Waals surface area contributed by atoms with Crippen molar-refractivity contribution in [3.8, 4) is 16.3 Å². The number of carbonyl (C=O) groups is 1. The standard InChI is InChI=1S/C19H14F3N5O2S/c1-29-12-5-2-4-11(8-12)10-23-17(28)16-25-18-24-13(14-6-3-7-30-14)9-15(19(20,21)22)27(18)26-16/h2-9H,10H2,1H3,(H,23,28).